The number of aryl methyl sites for hydroxylation is 1. The van der Waals surface area contributed by atoms with E-state index in [9.17, 15) is 0 Å². The average Bonchev–Trinajstić information content (AvgIpc) is 2.86. The lowest BCUT2D eigenvalue weighted by Gasteiger charge is -2.17. The van der Waals surface area contributed by atoms with Crippen LogP contribution in [-0.4, -0.2) is 9.78 Å². The summed E-state index contributed by atoms with van der Waals surface area (Å²) in [4.78, 5) is 0. The van der Waals surface area contributed by atoms with E-state index < -0.39 is 0 Å². The maximum Gasteiger partial charge on any atom is 0.0551 e. The Morgan fingerprint density at radius 3 is 2.93 bits per heavy atom. The third kappa shape index (κ3) is 2.40. The first kappa shape index (κ1) is 10.7. The van der Waals surface area contributed by atoms with Gasteiger partial charge in [-0.1, -0.05) is 25.7 Å². The molecule has 1 aliphatic rings. The molecule has 0 saturated heterocycles. The van der Waals surface area contributed by atoms with E-state index in [1.807, 2.05) is 10.9 Å². The second-order valence-corrected chi connectivity index (χ2v) is 4.56. The van der Waals surface area contributed by atoms with E-state index in [-0.39, 0.29) is 6.04 Å². The molecule has 1 fully saturated rings. The summed E-state index contributed by atoms with van der Waals surface area (Å²) in [5.41, 5.74) is 7.43. The van der Waals surface area contributed by atoms with Gasteiger partial charge in [0.25, 0.3) is 0 Å². The third-order valence-electron chi connectivity index (χ3n) is 3.49. The van der Waals surface area contributed by atoms with Gasteiger partial charge in [0.1, 0.15) is 0 Å². The van der Waals surface area contributed by atoms with Gasteiger partial charge in [-0.25, -0.2) is 0 Å². The lowest BCUT2D eigenvalue weighted by molar-refractivity contribution is 0.430. The fraction of sp³-hybridized carbons (Fsp3) is 0.750. The van der Waals surface area contributed by atoms with Crippen molar-refractivity contribution in [2.24, 2.45) is 11.7 Å². The van der Waals surface area contributed by atoms with Crippen molar-refractivity contribution in [3.63, 3.8) is 0 Å². The normalized spacial score (nSPS) is 19.6. The summed E-state index contributed by atoms with van der Waals surface area (Å²) in [6.45, 7) is 3.03. The van der Waals surface area contributed by atoms with Crippen LogP contribution in [0.3, 0.4) is 0 Å². The van der Waals surface area contributed by atoms with Crippen LogP contribution in [0.25, 0.3) is 0 Å². The Kier molecular flexibility index (Phi) is 3.41. The van der Waals surface area contributed by atoms with Gasteiger partial charge in [-0.05, 0) is 25.3 Å². The van der Waals surface area contributed by atoms with Gasteiger partial charge in [-0.3, -0.25) is 4.68 Å². The van der Waals surface area contributed by atoms with Crippen molar-refractivity contribution >= 4 is 0 Å². The molecule has 0 aromatic carbocycles. The molecule has 84 valence electrons. The predicted molar refractivity (Wildman–Crippen MR) is 61.4 cm³/mol. The molecule has 0 aliphatic heterocycles. The van der Waals surface area contributed by atoms with Gasteiger partial charge in [-0.15, -0.1) is 0 Å². The minimum atomic E-state index is 0.176. The van der Waals surface area contributed by atoms with Gasteiger partial charge in [-0.2, -0.15) is 5.10 Å². The molecular weight excluding hydrogens is 186 g/mol. The summed E-state index contributed by atoms with van der Waals surface area (Å²) in [6, 6.07) is 2.24. The van der Waals surface area contributed by atoms with Crippen LogP contribution >= 0.6 is 0 Å². The molecule has 2 N–H and O–H groups in total. The van der Waals surface area contributed by atoms with Crippen LogP contribution in [0.5, 0.6) is 0 Å². The van der Waals surface area contributed by atoms with E-state index in [1.54, 1.807) is 0 Å². The smallest absolute Gasteiger partial charge is 0.0551 e. The number of nitrogens with zero attached hydrogens (tertiary/aromatic N) is 2. The van der Waals surface area contributed by atoms with E-state index in [2.05, 4.69) is 18.1 Å². The summed E-state index contributed by atoms with van der Waals surface area (Å²) < 4.78 is 2.01. The van der Waals surface area contributed by atoms with Gasteiger partial charge in [0, 0.05) is 18.8 Å². The van der Waals surface area contributed by atoms with E-state index in [0.717, 1.165) is 18.9 Å². The molecule has 1 aromatic heterocycles. The van der Waals surface area contributed by atoms with Crippen molar-refractivity contribution < 1.29 is 0 Å². The lowest BCUT2D eigenvalue weighted by atomic mass is 9.97. The molecule has 3 heteroatoms. The first-order chi connectivity index (χ1) is 7.31. The Labute approximate surface area is 91.7 Å². The van der Waals surface area contributed by atoms with Crippen LogP contribution in [0.2, 0.25) is 0 Å². The summed E-state index contributed by atoms with van der Waals surface area (Å²) in [6.07, 6.45) is 8.51. The quantitative estimate of drug-likeness (QED) is 0.824. The lowest BCUT2D eigenvalue weighted by Crippen LogP contribution is -2.18. The summed E-state index contributed by atoms with van der Waals surface area (Å²) in [5.74, 6) is 0.847. The van der Waals surface area contributed by atoms with Crippen molar-refractivity contribution in [3.8, 4) is 0 Å². The monoisotopic (exact) mass is 207 g/mol. The summed E-state index contributed by atoms with van der Waals surface area (Å²) in [5, 5.41) is 4.27. The van der Waals surface area contributed by atoms with Crippen LogP contribution in [-0.2, 0) is 6.54 Å². The van der Waals surface area contributed by atoms with Crippen LogP contribution in [0, 0.1) is 5.92 Å². The van der Waals surface area contributed by atoms with Crippen molar-refractivity contribution in [1.82, 2.24) is 9.78 Å². The molecule has 1 unspecified atom stereocenters. The number of hydrogen-bond donors (Lipinski definition) is 1. The highest BCUT2D eigenvalue weighted by atomic mass is 15.3. The zero-order chi connectivity index (χ0) is 10.7. The van der Waals surface area contributed by atoms with Crippen molar-refractivity contribution in [2.45, 2.75) is 51.6 Å². The van der Waals surface area contributed by atoms with E-state index >= 15 is 0 Å². The Balaban J connectivity index is 1.97. The first-order valence-corrected chi connectivity index (χ1v) is 6.08. The third-order valence-corrected chi connectivity index (χ3v) is 3.49. The van der Waals surface area contributed by atoms with Crippen LogP contribution in [0.1, 0.15) is 50.8 Å². The van der Waals surface area contributed by atoms with E-state index in [4.69, 9.17) is 5.73 Å². The fourth-order valence-corrected chi connectivity index (χ4v) is 2.65. The van der Waals surface area contributed by atoms with Crippen molar-refractivity contribution in [1.29, 1.82) is 0 Å². The van der Waals surface area contributed by atoms with Crippen LogP contribution in [0.4, 0.5) is 0 Å². The maximum absolute atomic E-state index is 6.23. The number of rotatable bonds is 4. The SMILES string of the molecule is CCn1nccc1C(N)CC1CCCC1. The molecule has 1 atom stereocenters. The van der Waals surface area contributed by atoms with Gasteiger partial charge in [0.05, 0.1) is 5.69 Å². The van der Waals surface area contributed by atoms with Crippen LogP contribution in [0.15, 0.2) is 12.3 Å². The minimum absolute atomic E-state index is 0.176. The average molecular weight is 207 g/mol. The highest BCUT2D eigenvalue weighted by Crippen LogP contribution is 2.31. The highest BCUT2D eigenvalue weighted by molar-refractivity contribution is 5.06. The topological polar surface area (TPSA) is 43.8 Å². The van der Waals surface area contributed by atoms with Crippen LogP contribution < -0.4 is 5.73 Å². The van der Waals surface area contributed by atoms with E-state index in [0.29, 0.717) is 0 Å². The molecule has 2 rings (SSSR count). The predicted octanol–water partition coefficient (Wildman–Crippen LogP) is 2.48. The molecule has 1 aromatic rings. The van der Waals surface area contributed by atoms with Gasteiger partial charge < -0.3 is 5.73 Å². The van der Waals surface area contributed by atoms with Gasteiger partial charge in [0.15, 0.2) is 0 Å². The molecule has 15 heavy (non-hydrogen) atoms. The Morgan fingerprint density at radius 2 is 2.27 bits per heavy atom. The molecular formula is C12H21N3. The Hall–Kier alpha value is -0.830. The zero-order valence-electron chi connectivity index (χ0n) is 9.52. The van der Waals surface area contributed by atoms with Crippen molar-refractivity contribution in [3.05, 3.63) is 18.0 Å². The number of hydrogen-bond acceptors (Lipinski definition) is 2. The van der Waals surface area contributed by atoms with Gasteiger partial charge in [0.2, 0.25) is 0 Å². The Bertz CT molecular complexity index is 300. The van der Waals surface area contributed by atoms with Gasteiger partial charge >= 0.3 is 0 Å². The molecule has 0 amide bonds. The Morgan fingerprint density at radius 1 is 1.53 bits per heavy atom. The molecule has 0 spiro atoms. The van der Waals surface area contributed by atoms with Crippen molar-refractivity contribution in [2.75, 3.05) is 0 Å². The molecule has 1 heterocycles. The summed E-state index contributed by atoms with van der Waals surface area (Å²) in [7, 11) is 0. The molecule has 3 nitrogen and oxygen atoms in total. The molecule has 1 saturated carbocycles. The first-order valence-electron chi connectivity index (χ1n) is 6.08. The fourth-order valence-electron chi connectivity index (χ4n) is 2.65. The maximum atomic E-state index is 6.23. The summed E-state index contributed by atoms with van der Waals surface area (Å²) >= 11 is 0. The number of nitrogens with two attached hydrogens (primary N) is 1. The standard InChI is InChI=1S/C12H21N3/c1-2-15-12(7-8-14-15)11(13)9-10-5-3-4-6-10/h7-8,10-11H,2-6,9,13H2,1H3. The highest BCUT2D eigenvalue weighted by Gasteiger charge is 2.20. The zero-order valence-corrected chi connectivity index (χ0v) is 9.52. The van der Waals surface area contributed by atoms with E-state index in [1.165, 1.54) is 31.4 Å². The largest absolute Gasteiger partial charge is 0.323 e. The second-order valence-electron chi connectivity index (χ2n) is 4.56. The number of aromatic nitrogens is 2. The molecule has 0 bridgehead atoms. The second kappa shape index (κ2) is 4.79. The minimum Gasteiger partial charge on any atom is -0.323 e. The molecule has 1 aliphatic carbocycles. The molecule has 0 radical (unpaired) electrons.